The van der Waals surface area contributed by atoms with Gasteiger partial charge in [-0.1, -0.05) is 12.1 Å². The molecule has 0 aliphatic carbocycles. The Bertz CT molecular complexity index is 714. The van der Waals surface area contributed by atoms with Crippen LogP contribution < -0.4 is 11.1 Å². The van der Waals surface area contributed by atoms with Gasteiger partial charge in [0.15, 0.2) is 5.58 Å². The highest BCUT2D eigenvalue weighted by Crippen LogP contribution is 2.14. The SMILES string of the molecule is Nc1ccc(C(=O)NCc2nc3ccccc3o2)cc1. The van der Waals surface area contributed by atoms with Crippen molar-refractivity contribution in [2.75, 3.05) is 5.73 Å². The van der Waals surface area contributed by atoms with Crippen molar-refractivity contribution in [3.05, 3.63) is 60.0 Å². The first-order valence-corrected chi connectivity index (χ1v) is 6.20. The van der Waals surface area contributed by atoms with E-state index in [9.17, 15) is 4.79 Å². The topological polar surface area (TPSA) is 81.2 Å². The maximum Gasteiger partial charge on any atom is 0.251 e. The second-order valence-electron chi connectivity index (χ2n) is 4.38. The Morgan fingerprint density at radius 2 is 1.90 bits per heavy atom. The molecule has 3 rings (SSSR count). The van der Waals surface area contributed by atoms with E-state index < -0.39 is 0 Å². The molecule has 1 heterocycles. The minimum Gasteiger partial charge on any atom is -0.439 e. The molecule has 0 fully saturated rings. The number of nitrogen functional groups attached to an aromatic ring is 1. The third-order valence-corrected chi connectivity index (χ3v) is 2.91. The number of anilines is 1. The highest BCUT2D eigenvalue weighted by atomic mass is 16.3. The highest BCUT2D eigenvalue weighted by Gasteiger charge is 2.08. The highest BCUT2D eigenvalue weighted by molar-refractivity contribution is 5.94. The van der Waals surface area contributed by atoms with Gasteiger partial charge in [0, 0.05) is 11.3 Å². The third kappa shape index (κ3) is 2.47. The molecule has 2 aromatic carbocycles. The molecule has 0 aliphatic heterocycles. The molecule has 0 unspecified atom stereocenters. The fraction of sp³-hybridized carbons (Fsp3) is 0.0667. The number of carbonyl (C=O) groups is 1. The molecule has 20 heavy (non-hydrogen) atoms. The molecule has 0 radical (unpaired) electrons. The molecule has 0 spiro atoms. The standard InChI is InChI=1S/C15H13N3O2/c16-11-7-5-10(6-8-11)15(19)17-9-14-18-12-3-1-2-4-13(12)20-14/h1-8H,9,16H2,(H,17,19). The molecule has 3 N–H and O–H groups in total. The number of nitrogens with zero attached hydrogens (tertiary/aromatic N) is 1. The van der Waals surface area contributed by atoms with Gasteiger partial charge in [0.2, 0.25) is 5.89 Å². The Labute approximate surface area is 115 Å². The second-order valence-corrected chi connectivity index (χ2v) is 4.38. The van der Waals surface area contributed by atoms with Crippen molar-refractivity contribution in [3.8, 4) is 0 Å². The van der Waals surface area contributed by atoms with Crippen molar-refractivity contribution in [1.82, 2.24) is 10.3 Å². The van der Waals surface area contributed by atoms with Gasteiger partial charge in [-0.2, -0.15) is 0 Å². The fourth-order valence-electron chi connectivity index (χ4n) is 1.89. The van der Waals surface area contributed by atoms with Crippen LogP contribution >= 0.6 is 0 Å². The Morgan fingerprint density at radius 3 is 2.65 bits per heavy atom. The van der Waals surface area contributed by atoms with Gasteiger partial charge in [-0.15, -0.1) is 0 Å². The van der Waals surface area contributed by atoms with E-state index in [1.54, 1.807) is 24.3 Å². The maximum atomic E-state index is 11.9. The maximum absolute atomic E-state index is 11.9. The number of para-hydroxylation sites is 2. The van der Waals surface area contributed by atoms with Crippen LogP contribution in [0.5, 0.6) is 0 Å². The van der Waals surface area contributed by atoms with Gasteiger partial charge in [-0.05, 0) is 36.4 Å². The number of oxazole rings is 1. The van der Waals surface area contributed by atoms with E-state index in [4.69, 9.17) is 10.2 Å². The van der Waals surface area contributed by atoms with Crippen LogP contribution in [0, 0.1) is 0 Å². The molecule has 100 valence electrons. The quantitative estimate of drug-likeness (QED) is 0.714. The Hall–Kier alpha value is -2.82. The average molecular weight is 267 g/mol. The third-order valence-electron chi connectivity index (χ3n) is 2.91. The van der Waals surface area contributed by atoms with Crippen molar-refractivity contribution < 1.29 is 9.21 Å². The lowest BCUT2D eigenvalue weighted by Crippen LogP contribution is -2.22. The predicted octanol–water partition coefficient (Wildman–Crippen LogP) is 2.34. The summed E-state index contributed by atoms with van der Waals surface area (Å²) in [5.41, 5.74) is 8.25. The lowest BCUT2D eigenvalue weighted by atomic mass is 10.2. The zero-order valence-corrected chi connectivity index (χ0v) is 10.7. The molecule has 1 aromatic heterocycles. The lowest BCUT2D eigenvalue weighted by Gasteiger charge is -2.02. The first-order valence-electron chi connectivity index (χ1n) is 6.20. The van der Waals surface area contributed by atoms with Crippen molar-refractivity contribution in [3.63, 3.8) is 0 Å². The van der Waals surface area contributed by atoms with Gasteiger partial charge >= 0.3 is 0 Å². The summed E-state index contributed by atoms with van der Waals surface area (Å²) in [7, 11) is 0. The molecular formula is C15H13N3O2. The summed E-state index contributed by atoms with van der Waals surface area (Å²) in [6, 6.07) is 14.2. The minimum atomic E-state index is -0.188. The number of amides is 1. The van der Waals surface area contributed by atoms with Gasteiger partial charge in [0.05, 0.1) is 6.54 Å². The number of hydrogen-bond donors (Lipinski definition) is 2. The van der Waals surface area contributed by atoms with Crippen LogP contribution in [0.25, 0.3) is 11.1 Å². The van der Waals surface area contributed by atoms with Gasteiger partial charge in [0.25, 0.3) is 5.91 Å². The Kier molecular flexibility index (Phi) is 3.09. The Morgan fingerprint density at radius 1 is 1.15 bits per heavy atom. The predicted molar refractivity (Wildman–Crippen MR) is 76.0 cm³/mol. The lowest BCUT2D eigenvalue weighted by molar-refractivity contribution is 0.0947. The first kappa shape index (κ1) is 12.2. The van der Waals surface area contributed by atoms with Gasteiger partial charge in [-0.25, -0.2) is 4.98 Å². The molecule has 5 nitrogen and oxygen atoms in total. The van der Waals surface area contributed by atoms with Gasteiger partial charge < -0.3 is 15.5 Å². The molecular weight excluding hydrogens is 254 g/mol. The molecule has 0 saturated heterocycles. The number of aromatic nitrogens is 1. The van der Waals surface area contributed by atoms with E-state index in [1.807, 2.05) is 24.3 Å². The monoisotopic (exact) mass is 267 g/mol. The fourth-order valence-corrected chi connectivity index (χ4v) is 1.89. The number of rotatable bonds is 3. The number of fused-ring (bicyclic) bond motifs is 1. The number of nitrogens with two attached hydrogens (primary N) is 1. The summed E-state index contributed by atoms with van der Waals surface area (Å²) < 4.78 is 5.53. The van der Waals surface area contributed by atoms with Crippen LogP contribution in [-0.2, 0) is 6.54 Å². The van der Waals surface area contributed by atoms with E-state index in [2.05, 4.69) is 10.3 Å². The summed E-state index contributed by atoms with van der Waals surface area (Å²) in [4.78, 5) is 16.2. The van der Waals surface area contributed by atoms with E-state index in [-0.39, 0.29) is 12.5 Å². The Balaban J connectivity index is 1.69. The zero-order chi connectivity index (χ0) is 13.9. The van der Waals surface area contributed by atoms with E-state index in [0.29, 0.717) is 22.7 Å². The van der Waals surface area contributed by atoms with Crippen LogP contribution in [-0.4, -0.2) is 10.9 Å². The molecule has 5 heteroatoms. The number of benzene rings is 2. The van der Waals surface area contributed by atoms with Crippen LogP contribution in [0.1, 0.15) is 16.2 Å². The van der Waals surface area contributed by atoms with Crippen molar-refractivity contribution in [2.24, 2.45) is 0 Å². The summed E-state index contributed by atoms with van der Waals surface area (Å²) in [6.45, 7) is 0.248. The van der Waals surface area contributed by atoms with Crippen molar-refractivity contribution in [1.29, 1.82) is 0 Å². The summed E-state index contributed by atoms with van der Waals surface area (Å²) in [5.74, 6) is 0.294. The number of hydrogen-bond acceptors (Lipinski definition) is 4. The van der Waals surface area contributed by atoms with Crippen LogP contribution in [0.4, 0.5) is 5.69 Å². The van der Waals surface area contributed by atoms with Gasteiger partial charge in [0.1, 0.15) is 5.52 Å². The minimum absolute atomic E-state index is 0.188. The van der Waals surface area contributed by atoms with Crippen molar-refractivity contribution >= 4 is 22.7 Å². The largest absolute Gasteiger partial charge is 0.439 e. The number of carbonyl (C=O) groups excluding carboxylic acids is 1. The molecule has 0 bridgehead atoms. The molecule has 1 amide bonds. The van der Waals surface area contributed by atoms with E-state index in [1.165, 1.54) is 0 Å². The normalized spacial score (nSPS) is 10.6. The van der Waals surface area contributed by atoms with Crippen molar-refractivity contribution in [2.45, 2.75) is 6.54 Å². The molecule has 3 aromatic rings. The zero-order valence-electron chi connectivity index (χ0n) is 10.7. The smallest absolute Gasteiger partial charge is 0.251 e. The summed E-state index contributed by atoms with van der Waals surface area (Å²) >= 11 is 0. The average Bonchev–Trinajstić information content (AvgIpc) is 2.88. The van der Waals surface area contributed by atoms with Gasteiger partial charge in [-0.3, -0.25) is 4.79 Å². The summed E-state index contributed by atoms with van der Waals surface area (Å²) in [5, 5.41) is 2.76. The van der Waals surface area contributed by atoms with E-state index >= 15 is 0 Å². The molecule has 0 atom stereocenters. The van der Waals surface area contributed by atoms with Crippen LogP contribution in [0.3, 0.4) is 0 Å². The molecule has 0 aliphatic rings. The van der Waals surface area contributed by atoms with Crippen LogP contribution in [0.15, 0.2) is 52.9 Å². The summed E-state index contributed by atoms with van der Waals surface area (Å²) in [6.07, 6.45) is 0. The molecule has 0 saturated carbocycles. The van der Waals surface area contributed by atoms with Crippen LogP contribution in [0.2, 0.25) is 0 Å². The second kappa shape index (κ2) is 5.05. The van der Waals surface area contributed by atoms with E-state index in [0.717, 1.165) is 5.52 Å². The first-order chi connectivity index (χ1) is 9.72. The number of nitrogens with one attached hydrogen (secondary N) is 1.